The van der Waals surface area contributed by atoms with Gasteiger partial charge in [-0.15, -0.1) is 0 Å². The summed E-state index contributed by atoms with van der Waals surface area (Å²) >= 11 is 0. The van der Waals surface area contributed by atoms with Crippen molar-refractivity contribution in [3.8, 4) is 0 Å². The van der Waals surface area contributed by atoms with Crippen molar-refractivity contribution in [3.63, 3.8) is 0 Å². The van der Waals surface area contributed by atoms with E-state index in [2.05, 4.69) is 22.2 Å². The summed E-state index contributed by atoms with van der Waals surface area (Å²) in [5.74, 6) is 0.0572. The molecule has 0 spiro atoms. The van der Waals surface area contributed by atoms with Gasteiger partial charge in [-0.1, -0.05) is 13.3 Å². The van der Waals surface area contributed by atoms with Crippen LogP contribution in [0.2, 0.25) is 0 Å². The third-order valence-electron chi connectivity index (χ3n) is 3.36. The summed E-state index contributed by atoms with van der Waals surface area (Å²) in [6.07, 6.45) is 7.80. The number of hydrogen-bond acceptors (Lipinski definition) is 3. The predicted molar refractivity (Wildman–Crippen MR) is 70.4 cm³/mol. The van der Waals surface area contributed by atoms with Gasteiger partial charge in [-0.25, -0.2) is 4.98 Å². The van der Waals surface area contributed by atoms with Gasteiger partial charge in [0.1, 0.15) is 5.69 Å². The molecule has 0 radical (unpaired) electrons. The molecule has 1 amide bonds. The van der Waals surface area contributed by atoms with Gasteiger partial charge in [0, 0.05) is 19.1 Å². The second-order valence-electron chi connectivity index (χ2n) is 4.86. The summed E-state index contributed by atoms with van der Waals surface area (Å²) in [6, 6.07) is 0.442. The van der Waals surface area contributed by atoms with Crippen LogP contribution in [0.5, 0.6) is 0 Å². The largest absolute Gasteiger partial charge is 0.341 e. The molecule has 1 aromatic heterocycles. The normalized spacial score (nSPS) is 19.7. The highest BCUT2D eigenvalue weighted by Crippen LogP contribution is 2.10. The number of rotatable bonds is 5. The van der Waals surface area contributed by atoms with Crippen molar-refractivity contribution in [1.29, 1.82) is 0 Å². The molecule has 1 aromatic rings. The van der Waals surface area contributed by atoms with Crippen LogP contribution in [-0.4, -0.2) is 46.5 Å². The van der Waals surface area contributed by atoms with Crippen LogP contribution in [0.25, 0.3) is 0 Å². The van der Waals surface area contributed by atoms with Gasteiger partial charge >= 0.3 is 0 Å². The van der Waals surface area contributed by atoms with Gasteiger partial charge in [0.25, 0.3) is 5.91 Å². The lowest BCUT2D eigenvalue weighted by atomic mass is 10.0. The zero-order valence-electron chi connectivity index (χ0n) is 11.0. The lowest BCUT2D eigenvalue weighted by molar-refractivity contribution is 0.0726. The first-order valence-electron chi connectivity index (χ1n) is 6.82. The molecule has 18 heavy (non-hydrogen) atoms. The second kappa shape index (κ2) is 6.54. The van der Waals surface area contributed by atoms with Crippen molar-refractivity contribution in [3.05, 3.63) is 18.2 Å². The first kappa shape index (κ1) is 13.1. The van der Waals surface area contributed by atoms with Crippen LogP contribution in [-0.2, 0) is 0 Å². The number of piperidine rings is 1. The summed E-state index contributed by atoms with van der Waals surface area (Å²) in [4.78, 5) is 21.0. The molecular weight excluding hydrogens is 228 g/mol. The average Bonchev–Trinajstić information content (AvgIpc) is 2.92. The third-order valence-corrected chi connectivity index (χ3v) is 3.36. The van der Waals surface area contributed by atoms with Gasteiger partial charge in [-0.3, -0.25) is 4.79 Å². The Morgan fingerprint density at radius 3 is 3.06 bits per heavy atom. The monoisotopic (exact) mass is 250 g/mol. The SMILES string of the molecule is CCCN(CC1CCCCN1)C(=O)c1cnc[nH]1. The van der Waals surface area contributed by atoms with Gasteiger partial charge < -0.3 is 15.2 Å². The Morgan fingerprint density at radius 1 is 1.56 bits per heavy atom. The van der Waals surface area contributed by atoms with Crippen LogP contribution >= 0.6 is 0 Å². The van der Waals surface area contributed by atoms with Crippen LogP contribution in [0.3, 0.4) is 0 Å². The van der Waals surface area contributed by atoms with E-state index in [0.29, 0.717) is 11.7 Å². The van der Waals surface area contributed by atoms with Gasteiger partial charge in [0.2, 0.25) is 0 Å². The van der Waals surface area contributed by atoms with Gasteiger partial charge in [0.15, 0.2) is 0 Å². The molecule has 2 heterocycles. The molecular formula is C13H22N4O. The topological polar surface area (TPSA) is 61.0 Å². The number of carbonyl (C=O) groups is 1. The molecule has 2 rings (SSSR count). The maximum atomic E-state index is 12.3. The average molecular weight is 250 g/mol. The Labute approximate surface area is 108 Å². The molecule has 1 unspecified atom stereocenters. The maximum Gasteiger partial charge on any atom is 0.271 e. The molecule has 1 saturated heterocycles. The highest BCUT2D eigenvalue weighted by molar-refractivity contribution is 5.92. The predicted octanol–water partition coefficient (Wildman–Crippen LogP) is 1.40. The van der Waals surface area contributed by atoms with Crippen molar-refractivity contribution in [1.82, 2.24) is 20.2 Å². The number of aromatic amines is 1. The fraction of sp³-hybridized carbons (Fsp3) is 0.692. The number of amides is 1. The zero-order chi connectivity index (χ0) is 12.8. The van der Waals surface area contributed by atoms with Crippen LogP contribution < -0.4 is 5.32 Å². The van der Waals surface area contributed by atoms with Crippen LogP contribution in [0.1, 0.15) is 43.1 Å². The summed E-state index contributed by atoms with van der Waals surface area (Å²) < 4.78 is 0. The molecule has 0 aromatic carbocycles. The van der Waals surface area contributed by atoms with Crippen LogP contribution in [0, 0.1) is 0 Å². The van der Waals surface area contributed by atoms with E-state index >= 15 is 0 Å². The van der Waals surface area contributed by atoms with Crippen molar-refractivity contribution >= 4 is 5.91 Å². The molecule has 0 bridgehead atoms. The number of hydrogen-bond donors (Lipinski definition) is 2. The molecule has 2 N–H and O–H groups in total. The standard InChI is InChI=1S/C13H22N4O/c1-2-7-17(9-11-5-3-4-6-15-11)13(18)12-8-14-10-16-12/h8,10-11,15H,2-7,9H2,1H3,(H,14,16). The number of carbonyl (C=O) groups excluding carboxylic acids is 1. The van der Waals surface area contributed by atoms with E-state index in [1.54, 1.807) is 12.5 Å². The molecule has 1 aliphatic rings. The number of imidazole rings is 1. The lowest BCUT2D eigenvalue weighted by Crippen LogP contribution is -2.46. The minimum atomic E-state index is 0.0572. The molecule has 0 aliphatic carbocycles. The Bertz CT molecular complexity index is 357. The fourth-order valence-electron chi connectivity index (χ4n) is 2.43. The van der Waals surface area contributed by atoms with E-state index in [1.165, 1.54) is 12.8 Å². The second-order valence-corrected chi connectivity index (χ2v) is 4.86. The molecule has 1 atom stereocenters. The van der Waals surface area contributed by atoms with Crippen LogP contribution in [0.4, 0.5) is 0 Å². The first-order valence-corrected chi connectivity index (χ1v) is 6.82. The van der Waals surface area contributed by atoms with E-state index in [1.807, 2.05) is 4.90 Å². The van der Waals surface area contributed by atoms with E-state index in [0.717, 1.165) is 32.5 Å². The highest BCUT2D eigenvalue weighted by Gasteiger charge is 2.21. The number of nitrogens with one attached hydrogen (secondary N) is 2. The minimum Gasteiger partial charge on any atom is -0.341 e. The molecule has 1 fully saturated rings. The van der Waals surface area contributed by atoms with Crippen molar-refractivity contribution in [2.45, 2.75) is 38.6 Å². The Balaban J connectivity index is 1.96. The van der Waals surface area contributed by atoms with Crippen molar-refractivity contribution < 1.29 is 4.79 Å². The van der Waals surface area contributed by atoms with Gasteiger partial charge in [-0.05, 0) is 25.8 Å². The van der Waals surface area contributed by atoms with E-state index in [4.69, 9.17) is 0 Å². The minimum absolute atomic E-state index is 0.0572. The summed E-state index contributed by atoms with van der Waals surface area (Å²) in [7, 11) is 0. The van der Waals surface area contributed by atoms with Crippen LogP contribution in [0.15, 0.2) is 12.5 Å². The van der Waals surface area contributed by atoms with Gasteiger partial charge in [0.05, 0.1) is 12.5 Å². The van der Waals surface area contributed by atoms with E-state index < -0.39 is 0 Å². The lowest BCUT2D eigenvalue weighted by Gasteiger charge is -2.30. The smallest absolute Gasteiger partial charge is 0.271 e. The summed E-state index contributed by atoms with van der Waals surface area (Å²) in [5.41, 5.74) is 0.583. The zero-order valence-corrected chi connectivity index (χ0v) is 11.0. The van der Waals surface area contributed by atoms with Gasteiger partial charge in [-0.2, -0.15) is 0 Å². The Kier molecular flexibility index (Phi) is 4.75. The summed E-state index contributed by atoms with van der Waals surface area (Å²) in [5, 5.41) is 3.49. The third kappa shape index (κ3) is 3.32. The Hall–Kier alpha value is -1.36. The molecule has 100 valence electrons. The Morgan fingerprint density at radius 2 is 2.44 bits per heavy atom. The maximum absolute atomic E-state index is 12.3. The fourth-order valence-corrected chi connectivity index (χ4v) is 2.43. The first-order chi connectivity index (χ1) is 8.81. The van der Waals surface area contributed by atoms with Crippen molar-refractivity contribution in [2.75, 3.05) is 19.6 Å². The number of nitrogens with zero attached hydrogens (tertiary/aromatic N) is 2. The number of aromatic nitrogens is 2. The van der Waals surface area contributed by atoms with Crippen molar-refractivity contribution in [2.24, 2.45) is 0 Å². The quantitative estimate of drug-likeness (QED) is 0.830. The molecule has 5 heteroatoms. The number of H-pyrrole nitrogens is 1. The van der Waals surface area contributed by atoms with E-state index in [9.17, 15) is 4.79 Å². The van der Waals surface area contributed by atoms with E-state index in [-0.39, 0.29) is 5.91 Å². The highest BCUT2D eigenvalue weighted by atomic mass is 16.2. The molecule has 5 nitrogen and oxygen atoms in total. The summed E-state index contributed by atoms with van der Waals surface area (Å²) in [6.45, 7) is 4.77. The molecule has 1 aliphatic heterocycles. The molecule has 0 saturated carbocycles.